The molecule has 0 aliphatic rings. The first-order chi connectivity index (χ1) is 14.2. The van der Waals surface area contributed by atoms with Gasteiger partial charge >= 0.3 is 0 Å². The maximum Gasteiger partial charge on any atom is 0.251 e. The highest BCUT2D eigenvalue weighted by Gasteiger charge is 2.15. The quantitative estimate of drug-likeness (QED) is 0.603. The lowest BCUT2D eigenvalue weighted by atomic mass is 10.1. The second-order valence-corrected chi connectivity index (χ2v) is 8.85. The summed E-state index contributed by atoms with van der Waals surface area (Å²) in [6.07, 6.45) is 0. The van der Waals surface area contributed by atoms with Crippen LogP contribution < -0.4 is 10.0 Å². The third-order valence-corrected chi connectivity index (χ3v) is 6.19. The predicted octanol–water partition coefficient (Wildman–Crippen LogP) is 3.85. The Kier molecular flexibility index (Phi) is 6.64. The standard InChI is InChI=1S/C23H23FN2O3S/c1-16-9-10-20(11-17(16)2)23(27)25-14-19-6-4-8-22(13-19)30(28,29)26-15-18-5-3-7-21(24)12-18/h3-13,26H,14-15H2,1-2H3,(H,25,27). The molecule has 0 radical (unpaired) electrons. The van der Waals surface area contributed by atoms with E-state index in [1.165, 1.54) is 30.3 Å². The molecule has 30 heavy (non-hydrogen) atoms. The molecule has 5 nitrogen and oxygen atoms in total. The maximum absolute atomic E-state index is 13.3. The zero-order chi connectivity index (χ0) is 21.7. The molecular weight excluding hydrogens is 403 g/mol. The van der Waals surface area contributed by atoms with Crippen molar-refractivity contribution in [3.8, 4) is 0 Å². The van der Waals surface area contributed by atoms with Crippen LogP contribution >= 0.6 is 0 Å². The molecule has 156 valence electrons. The summed E-state index contributed by atoms with van der Waals surface area (Å²) >= 11 is 0. The molecule has 0 saturated carbocycles. The Balaban J connectivity index is 1.65. The molecule has 7 heteroatoms. The van der Waals surface area contributed by atoms with Gasteiger partial charge in [0.15, 0.2) is 0 Å². The van der Waals surface area contributed by atoms with Gasteiger partial charge in [0.25, 0.3) is 5.91 Å². The Morgan fingerprint density at radius 3 is 2.27 bits per heavy atom. The molecule has 0 aliphatic heterocycles. The van der Waals surface area contributed by atoms with Crippen molar-refractivity contribution in [1.29, 1.82) is 0 Å². The van der Waals surface area contributed by atoms with Gasteiger partial charge in [0.05, 0.1) is 4.90 Å². The van der Waals surface area contributed by atoms with Crippen LogP contribution in [0.1, 0.15) is 32.6 Å². The molecule has 3 rings (SSSR count). The minimum absolute atomic E-state index is 0.0200. The van der Waals surface area contributed by atoms with Crippen molar-refractivity contribution in [3.63, 3.8) is 0 Å². The van der Waals surface area contributed by atoms with Crippen LogP contribution in [0.3, 0.4) is 0 Å². The third-order valence-electron chi connectivity index (χ3n) is 4.79. The Labute approximate surface area is 176 Å². The van der Waals surface area contributed by atoms with Gasteiger partial charge in [0, 0.05) is 18.7 Å². The van der Waals surface area contributed by atoms with E-state index in [9.17, 15) is 17.6 Å². The average Bonchev–Trinajstić information content (AvgIpc) is 2.73. The number of carbonyl (C=O) groups excluding carboxylic acids is 1. The van der Waals surface area contributed by atoms with E-state index in [-0.39, 0.29) is 23.9 Å². The van der Waals surface area contributed by atoms with Crippen LogP contribution in [0.15, 0.2) is 71.6 Å². The Bertz CT molecular complexity index is 1180. The van der Waals surface area contributed by atoms with Crippen molar-refractivity contribution in [2.24, 2.45) is 0 Å². The van der Waals surface area contributed by atoms with Crippen LogP contribution in [0, 0.1) is 19.7 Å². The van der Waals surface area contributed by atoms with Gasteiger partial charge < -0.3 is 5.32 Å². The summed E-state index contributed by atoms with van der Waals surface area (Å²) in [7, 11) is -3.78. The minimum atomic E-state index is -3.78. The van der Waals surface area contributed by atoms with Crippen LogP contribution in [0.2, 0.25) is 0 Å². The summed E-state index contributed by atoms with van der Waals surface area (Å²) in [5, 5.41) is 2.81. The molecule has 3 aromatic rings. The fourth-order valence-corrected chi connectivity index (χ4v) is 3.99. The number of benzene rings is 3. The summed E-state index contributed by atoms with van der Waals surface area (Å²) in [5.74, 6) is -0.649. The van der Waals surface area contributed by atoms with Gasteiger partial charge in [-0.2, -0.15) is 0 Å². The summed E-state index contributed by atoms with van der Waals surface area (Å²) in [6.45, 7) is 4.09. The predicted molar refractivity (Wildman–Crippen MR) is 114 cm³/mol. The van der Waals surface area contributed by atoms with E-state index >= 15 is 0 Å². The smallest absolute Gasteiger partial charge is 0.251 e. The van der Waals surface area contributed by atoms with E-state index in [0.29, 0.717) is 16.7 Å². The highest BCUT2D eigenvalue weighted by Crippen LogP contribution is 2.14. The van der Waals surface area contributed by atoms with E-state index < -0.39 is 15.8 Å². The lowest BCUT2D eigenvalue weighted by Crippen LogP contribution is -2.25. The van der Waals surface area contributed by atoms with E-state index in [4.69, 9.17) is 0 Å². The van der Waals surface area contributed by atoms with E-state index in [2.05, 4.69) is 10.0 Å². The van der Waals surface area contributed by atoms with Gasteiger partial charge in [-0.15, -0.1) is 0 Å². The first-order valence-corrected chi connectivity index (χ1v) is 10.9. The van der Waals surface area contributed by atoms with Crippen molar-refractivity contribution in [2.45, 2.75) is 31.8 Å². The van der Waals surface area contributed by atoms with E-state index in [0.717, 1.165) is 11.1 Å². The first kappa shape index (κ1) is 21.7. The number of hydrogen-bond acceptors (Lipinski definition) is 3. The van der Waals surface area contributed by atoms with Crippen molar-refractivity contribution in [1.82, 2.24) is 10.0 Å². The van der Waals surface area contributed by atoms with Gasteiger partial charge in [-0.3, -0.25) is 4.79 Å². The Hall–Kier alpha value is -3.03. The number of rotatable bonds is 7. The fraction of sp³-hybridized carbons (Fsp3) is 0.174. The van der Waals surface area contributed by atoms with Crippen LogP contribution in [0.5, 0.6) is 0 Å². The maximum atomic E-state index is 13.3. The topological polar surface area (TPSA) is 75.3 Å². The van der Waals surface area contributed by atoms with Gasteiger partial charge in [0.2, 0.25) is 10.0 Å². The number of aryl methyl sites for hydroxylation is 2. The summed E-state index contributed by atoms with van der Waals surface area (Å²) in [4.78, 5) is 12.5. The molecule has 2 N–H and O–H groups in total. The van der Waals surface area contributed by atoms with Gasteiger partial charge in [-0.1, -0.05) is 30.3 Å². The molecule has 0 aromatic heterocycles. The lowest BCUT2D eigenvalue weighted by molar-refractivity contribution is 0.0951. The van der Waals surface area contributed by atoms with Gasteiger partial charge in [0.1, 0.15) is 5.82 Å². The molecule has 0 bridgehead atoms. The van der Waals surface area contributed by atoms with E-state index in [1.54, 1.807) is 24.3 Å². The molecular formula is C23H23FN2O3S. The number of halogens is 1. The number of nitrogens with one attached hydrogen (secondary N) is 2. The normalized spacial score (nSPS) is 11.3. The van der Waals surface area contributed by atoms with E-state index in [1.807, 2.05) is 26.0 Å². The molecule has 3 aromatic carbocycles. The molecule has 0 heterocycles. The SMILES string of the molecule is Cc1ccc(C(=O)NCc2cccc(S(=O)(=O)NCc3cccc(F)c3)c2)cc1C. The Morgan fingerprint density at radius 2 is 1.57 bits per heavy atom. The molecule has 0 saturated heterocycles. The van der Waals surface area contributed by atoms with Crippen LogP contribution in [-0.4, -0.2) is 14.3 Å². The Morgan fingerprint density at radius 1 is 0.867 bits per heavy atom. The molecule has 0 unspecified atom stereocenters. The minimum Gasteiger partial charge on any atom is -0.348 e. The number of amides is 1. The monoisotopic (exact) mass is 426 g/mol. The zero-order valence-corrected chi connectivity index (χ0v) is 17.6. The number of sulfonamides is 1. The summed E-state index contributed by atoms with van der Waals surface area (Å²) in [5.41, 5.74) is 3.87. The average molecular weight is 427 g/mol. The van der Waals surface area contributed by atoms with Crippen molar-refractivity contribution in [3.05, 3.63) is 100 Å². The molecule has 0 fully saturated rings. The van der Waals surface area contributed by atoms with Crippen LogP contribution in [-0.2, 0) is 23.1 Å². The fourth-order valence-electron chi connectivity index (χ4n) is 2.90. The van der Waals surface area contributed by atoms with Crippen LogP contribution in [0.4, 0.5) is 4.39 Å². The second-order valence-electron chi connectivity index (χ2n) is 7.08. The van der Waals surface area contributed by atoms with Crippen molar-refractivity contribution < 1.29 is 17.6 Å². The summed E-state index contributed by atoms with van der Waals surface area (Å²) in [6, 6.07) is 17.6. The van der Waals surface area contributed by atoms with Gasteiger partial charge in [-0.05, 0) is 72.5 Å². The summed E-state index contributed by atoms with van der Waals surface area (Å²) < 4.78 is 40.9. The molecule has 0 spiro atoms. The number of hydrogen-bond donors (Lipinski definition) is 2. The molecule has 0 atom stereocenters. The zero-order valence-electron chi connectivity index (χ0n) is 16.8. The highest BCUT2D eigenvalue weighted by molar-refractivity contribution is 7.89. The van der Waals surface area contributed by atoms with Crippen LogP contribution in [0.25, 0.3) is 0 Å². The van der Waals surface area contributed by atoms with Crippen molar-refractivity contribution >= 4 is 15.9 Å². The van der Waals surface area contributed by atoms with Crippen molar-refractivity contribution in [2.75, 3.05) is 0 Å². The first-order valence-electron chi connectivity index (χ1n) is 9.43. The molecule has 0 aliphatic carbocycles. The number of carbonyl (C=O) groups is 1. The second kappa shape index (κ2) is 9.19. The molecule has 1 amide bonds. The van der Waals surface area contributed by atoms with Gasteiger partial charge in [-0.25, -0.2) is 17.5 Å². The largest absolute Gasteiger partial charge is 0.348 e. The highest BCUT2D eigenvalue weighted by atomic mass is 32.2. The lowest BCUT2D eigenvalue weighted by Gasteiger charge is -2.10. The third kappa shape index (κ3) is 5.52.